The topological polar surface area (TPSA) is 42.2 Å². The molecule has 0 aliphatic rings. The van der Waals surface area contributed by atoms with Gasteiger partial charge in [-0.3, -0.25) is 4.79 Å². The minimum absolute atomic E-state index is 0.0666. The normalized spacial score (nSPS) is 14.0. The van der Waals surface area contributed by atoms with E-state index >= 15 is 0 Å². The van der Waals surface area contributed by atoms with Gasteiger partial charge < -0.3 is 9.67 Å². The molecule has 3 heteroatoms. The number of aliphatic hydroxyl groups is 1. The average molecular weight is 251 g/mol. The summed E-state index contributed by atoms with van der Waals surface area (Å²) in [6.45, 7) is 11.6. The molecule has 1 aromatic rings. The van der Waals surface area contributed by atoms with Crippen LogP contribution in [0.5, 0.6) is 0 Å². The fourth-order valence-corrected chi connectivity index (χ4v) is 2.14. The Morgan fingerprint density at radius 1 is 1.28 bits per heavy atom. The molecular weight excluding hydrogens is 226 g/mol. The quantitative estimate of drug-likeness (QED) is 0.893. The second-order valence-corrected chi connectivity index (χ2v) is 5.82. The number of nitrogens with zero attached hydrogens (tertiary/aromatic N) is 1. The average Bonchev–Trinajstić information content (AvgIpc) is 2.25. The first-order chi connectivity index (χ1) is 8.20. The molecule has 0 aliphatic heterocycles. The summed E-state index contributed by atoms with van der Waals surface area (Å²) in [6.07, 6.45) is 0.898. The molecule has 3 nitrogen and oxygen atoms in total. The van der Waals surface area contributed by atoms with Gasteiger partial charge in [0, 0.05) is 17.3 Å². The van der Waals surface area contributed by atoms with Crippen molar-refractivity contribution in [3.63, 3.8) is 0 Å². The molecule has 0 saturated heterocycles. The zero-order chi connectivity index (χ0) is 14.1. The fourth-order valence-electron chi connectivity index (χ4n) is 2.14. The molecule has 1 rings (SSSR count). The van der Waals surface area contributed by atoms with Crippen LogP contribution < -0.4 is 5.56 Å². The van der Waals surface area contributed by atoms with Gasteiger partial charge in [-0.05, 0) is 45.2 Å². The summed E-state index contributed by atoms with van der Waals surface area (Å²) in [5.74, 6) is 0.294. The van der Waals surface area contributed by atoms with Crippen LogP contribution in [0.2, 0.25) is 0 Å². The van der Waals surface area contributed by atoms with Crippen LogP contribution in [0, 0.1) is 0 Å². The van der Waals surface area contributed by atoms with Crippen LogP contribution in [0.15, 0.2) is 16.9 Å². The maximum absolute atomic E-state index is 12.5. The van der Waals surface area contributed by atoms with Gasteiger partial charge in [-0.25, -0.2) is 0 Å². The summed E-state index contributed by atoms with van der Waals surface area (Å²) < 4.78 is 1.83. The van der Waals surface area contributed by atoms with E-state index in [2.05, 4.69) is 20.8 Å². The van der Waals surface area contributed by atoms with E-state index in [4.69, 9.17) is 0 Å². The Balaban J connectivity index is 3.56. The van der Waals surface area contributed by atoms with Crippen LogP contribution in [0.3, 0.4) is 0 Å². The molecule has 0 fully saturated rings. The standard InChI is InChI=1S/C15H25NO2/c1-7-11(4)16-13(10(2)3)9-8-12(14(16)17)15(5,6)18/h8-11,18H,7H2,1-6H3. The van der Waals surface area contributed by atoms with E-state index in [1.807, 2.05) is 17.6 Å². The van der Waals surface area contributed by atoms with Crippen LogP contribution >= 0.6 is 0 Å². The van der Waals surface area contributed by atoms with Crippen LogP contribution in [0.4, 0.5) is 0 Å². The van der Waals surface area contributed by atoms with E-state index in [1.54, 1.807) is 19.9 Å². The maximum atomic E-state index is 12.5. The Kier molecular flexibility index (Phi) is 4.38. The molecule has 1 atom stereocenters. The van der Waals surface area contributed by atoms with Gasteiger partial charge in [0.05, 0.1) is 5.60 Å². The van der Waals surface area contributed by atoms with E-state index in [1.165, 1.54) is 0 Å². The van der Waals surface area contributed by atoms with Crippen LogP contribution in [0.25, 0.3) is 0 Å². The highest BCUT2D eigenvalue weighted by Gasteiger charge is 2.24. The molecule has 0 amide bonds. The lowest BCUT2D eigenvalue weighted by Crippen LogP contribution is -2.35. The predicted octanol–water partition coefficient (Wildman–Crippen LogP) is 3.17. The molecule has 0 saturated carbocycles. The lowest BCUT2D eigenvalue weighted by Gasteiger charge is -2.25. The van der Waals surface area contributed by atoms with E-state index in [0.29, 0.717) is 11.5 Å². The van der Waals surface area contributed by atoms with E-state index in [-0.39, 0.29) is 11.6 Å². The third-order valence-electron chi connectivity index (χ3n) is 3.43. The van der Waals surface area contributed by atoms with Crippen molar-refractivity contribution >= 4 is 0 Å². The van der Waals surface area contributed by atoms with Crippen molar-refractivity contribution in [1.82, 2.24) is 4.57 Å². The lowest BCUT2D eigenvalue weighted by atomic mass is 9.97. The number of rotatable bonds is 4. The molecule has 1 N–H and O–H groups in total. The number of hydrogen-bond donors (Lipinski definition) is 1. The molecule has 0 spiro atoms. The minimum Gasteiger partial charge on any atom is -0.386 e. The summed E-state index contributed by atoms with van der Waals surface area (Å²) in [5.41, 5.74) is 0.333. The minimum atomic E-state index is -1.10. The Labute approximate surface area is 109 Å². The van der Waals surface area contributed by atoms with Gasteiger partial charge in [0.2, 0.25) is 0 Å². The highest BCUT2D eigenvalue weighted by Crippen LogP contribution is 2.22. The van der Waals surface area contributed by atoms with Gasteiger partial charge in [-0.2, -0.15) is 0 Å². The second kappa shape index (κ2) is 5.27. The first-order valence-corrected chi connectivity index (χ1v) is 6.68. The van der Waals surface area contributed by atoms with Gasteiger partial charge in [0.25, 0.3) is 5.56 Å². The summed E-state index contributed by atoms with van der Waals surface area (Å²) in [5, 5.41) is 10.1. The van der Waals surface area contributed by atoms with Crippen molar-refractivity contribution < 1.29 is 5.11 Å². The summed E-state index contributed by atoms with van der Waals surface area (Å²) in [6, 6.07) is 3.87. The van der Waals surface area contributed by atoms with Gasteiger partial charge in [-0.15, -0.1) is 0 Å². The van der Waals surface area contributed by atoms with Gasteiger partial charge in [-0.1, -0.05) is 20.8 Å². The third kappa shape index (κ3) is 2.83. The molecule has 102 valence electrons. The van der Waals surface area contributed by atoms with E-state index in [9.17, 15) is 9.90 Å². The Morgan fingerprint density at radius 2 is 1.83 bits per heavy atom. The van der Waals surface area contributed by atoms with Crippen LogP contribution in [0.1, 0.15) is 71.2 Å². The van der Waals surface area contributed by atoms with Gasteiger partial charge in [0.1, 0.15) is 0 Å². The molecule has 0 aliphatic carbocycles. The Bertz CT molecular complexity index is 466. The number of pyridine rings is 1. The SMILES string of the molecule is CCC(C)n1c(C(C)C)ccc(C(C)(C)O)c1=O. The molecule has 0 bridgehead atoms. The van der Waals surface area contributed by atoms with Crippen molar-refractivity contribution in [2.75, 3.05) is 0 Å². The van der Waals surface area contributed by atoms with Gasteiger partial charge in [0.15, 0.2) is 0 Å². The van der Waals surface area contributed by atoms with Crippen LogP contribution in [-0.4, -0.2) is 9.67 Å². The van der Waals surface area contributed by atoms with E-state index < -0.39 is 5.60 Å². The third-order valence-corrected chi connectivity index (χ3v) is 3.43. The monoisotopic (exact) mass is 251 g/mol. The van der Waals surface area contributed by atoms with Crippen molar-refractivity contribution in [3.8, 4) is 0 Å². The van der Waals surface area contributed by atoms with Crippen molar-refractivity contribution in [2.24, 2.45) is 0 Å². The van der Waals surface area contributed by atoms with Gasteiger partial charge >= 0.3 is 0 Å². The maximum Gasteiger partial charge on any atom is 0.257 e. The molecule has 18 heavy (non-hydrogen) atoms. The predicted molar refractivity (Wildman–Crippen MR) is 75.0 cm³/mol. The molecule has 1 aromatic heterocycles. The molecule has 0 aromatic carbocycles. The Hall–Kier alpha value is -1.09. The van der Waals surface area contributed by atoms with Crippen molar-refractivity contribution in [2.45, 2.75) is 65.5 Å². The summed E-state index contributed by atoms with van der Waals surface area (Å²) in [7, 11) is 0. The summed E-state index contributed by atoms with van der Waals surface area (Å²) >= 11 is 0. The zero-order valence-electron chi connectivity index (χ0n) is 12.3. The van der Waals surface area contributed by atoms with Crippen molar-refractivity contribution in [1.29, 1.82) is 0 Å². The Morgan fingerprint density at radius 3 is 2.22 bits per heavy atom. The largest absolute Gasteiger partial charge is 0.386 e. The van der Waals surface area contributed by atoms with Crippen molar-refractivity contribution in [3.05, 3.63) is 33.7 Å². The van der Waals surface area contributed by atoms with E-state index in [0.717, 1.165) is 12.1 Å². The first-order valence-electron chi connectivity index (χ1n) is 6.68. The highest BCUT2D eigenvalue weighted by molar-refractivity contribution is 5.23. The molecule has 1 unspecified atom stereocenters. The molecule has 0 radical (unpaired) electrons. The first kappa shape index (κ1) is 15.0. The summed E-state index contributed by atoms with van der Waals surface area (Å²) in [4.78, 5) is 12.5. The molecular formula is C15H25NO2. The number of hydrogen-bond acceptors (Lipinski definition) is 2. The lowest BCUT2D eigenvalue weighted by molar-refractivity contribution is 0.0762. The number of aromatic nitrogens is 1. The van der Waals surface area contributed by atoms with Crippen LogP contribution in [-0.2, 0) is 5.60 Å². The second-order valence-electron chi connectivity index (χ2n) is 5.82. The smallest absolute Gasteiger partial charge is 0.257 e. The highest BCUT2D eigenvalue weighted by atomic mass is 16.3. The zero-order valence-corrected chi connectivity index (χ0v) is 12.3. The molecule has 1 heterocycles. The fraction of sp³-hybridized carbons (Fsp3) is 0.667.